The summed E-state index contributed by atoms with van der Waals surface area (Å²) in [5.74, 6) is 2.07. The van der Waals surface area contributed by atoms with Crippen molar-refractivity contribution in [3.05, 3.63) is 51.2 Å². The average Bonchev–Trinajstić information content (AvgIpc) is 3.38. The number of carbonyl (C=O) groups is 1. The normalized spacial score (nSPS) is 16.3. The van der Waals surface area contributed by atoms with Gasteiger partial charge in [0.05, 0.1) is 26.7 Å². The molecule has 0 saturated carbocycles. The molecular weight excluding hydrogens is 386 g/mol. The van der Waals surface area contributed by atoms with Crippen molar-refractivity contribution in [3.63, 3.8) is 0 Å². The smallest absolute Gasteiger partial charge is 0.277 e. The van der Waals surface area contributed by atoms with Crippen LogP contribution in [0.25, 0.3) is 5.78 Å². The van der Waals surface area contributed by atoms with E-state index in [1.54, 1.807) is 28.1 Å². The Morgan fingerprint density at radius 2 is 2.03 bits per heavy atom. The Hall–Kier alpha value is -3.36. The number of carbonyl (C=O) groups excluding carboxylic acids is 1. The number of nitrogens with zero attached hydrogens (tertiary/aromatic N) is 4. The van der Waals surface area contributed by atoms with Crippen LogP contribution in [0.15, 0.2) is 23.0 Å². The number of methoxy groups -OCH3 is 2. The van der Waals surface area contributed by atoms with Crippen LogP contribution >= 0.6 is 0 Å². The zero-order valence-electron chi connectivity index (χ0n) is 17.6. The summed E-state index contributed by atoms with van der Waals surface area (Å²) >= 11 is 0. The van der Waals surface area contributed by atoms with Crippen LogP contribution in [0.5, 0.6) is 11.5 Å². The molecule has 0 aliphatic carbocycles. The topological polar surface area (TPSA) is 102 Å². The van der Waals surface area contributed by atoms with E-state index in [0.717, 1.165) is 29.9 Å². The monoisotopic (exact) mass is 411 g/mol. The molecule has 1 aromatic carbocycles. The molecule has 0 spiro atoms. The Kier molecular flexibility index (Phi) is 5.19. The van der Waals surface area contributed by atoms with E-state index in [9.17, 15) is 9.59 Å². The zero-order chi connectivity index (χ0) is 21.4. The third-order valence-electron chi connectivity index (χ3n) is 5.70. The molecule has 1 aliphatic rings. The van der Waals surface area contributed by atoms with Crippen LogP contribution in [0.3, 0.4) is 0 Å². The molecule has 9 nitrogen and oxygen atoms in total. The summed E-state index contributed by atoms with van der Waals surface area (Å²) in [6.07, 6.45) is 1.80. The van der Waals surface area contributed by atoms with Crippen molar-refractivity contribution in [1.82, 2.24) is 24.5 Å². The lowest BCUT2D eigenvalue weighted by molar-refractivity contribution is -0.131. The molecule has 0 radical (unpaired) electrons. The largest absolute Gasteiger partial charge is 0.497 e. The number of H-pyrrole nitrogens is 1. The number of amides is 1. The van der Waals surface area contributed by atoms with Crippen LogP contribution < -0.4 is 15.0 Å². The second-order valence-corrected chi connectivity index (χ2v) is 7.46. The van der Waals surface area contributed by atoms with E-state index in [1.165, 1.54) is 4.52 Å². The van der Waals surface area contributed by atoms with Crippen LogP contribution in [-0.2, 0) is 11.2 Å². The highest BCUT2D eigenvalue weighted by atomic mass is 16.5. The summed E-state index contributed by atoms with van der Waals surface area (Å²) in [6, 6.07) is 5.52. The molecule has 158 valence electrons. The van der Waals surface area contributed by atoms with Gasteiger partial charge in [-0.25, -0.2) is 4.98 Å². The first kappa shape index (κ1) is 19.9. The number of benzene rings is 1. The quantitative estimate of drug-likeness (QED) is 0.689. The van der Waals surface area contributed by atoms with Crippen molar-refractivity contribution in [1.29, 1.82) is 0 Å². The highest BCUT2D eigenvalue weighted by molar-refractivity contribution is 5.79. The number of hydrogen-bond acceptors (Lipinski definition) is 6. The van der Waals surface area contributed by atoms with Crippen LogP contribution in [0, 0.1) is 13.8 Å². The molecule has 4 rings (SSSR count). The maximum absolute atomic E-state index is 13.1. The molecule has 1 atom stereocenters. The molecule has 2 aromatic heterocycles. The Morgan fingerprint density at radius 3 is 2.77 bits per heavy atom. The highest BCUT2D eigenvalue weighted by Gasteiger charge is 2.32. The maximum Gasteiger partial charge on any atom is 0.277 e. The summed E-state index contributed by atoms with van der Waals surface area (Å²) < 4.78 is 12.2. The summed E-state index contributed by atoms with van der Waals surface area (Å²) in [5.41, 5.74) is 1.91. The third-order valence-corrected chi connectivity index (χ3v) is 5.70. The summed E-state index contributed by atoms with van der Waals surface area (Å²) in [7, 11) is 3.24. The lowest BCUT2D eigenvalue weighted by Crippen LogP contribution is -2.32. The van der Waals surface area contributed by atoms with E-state index in [0.29, 0.717) is 23.6 Å². The molecule has 3 aromatic rings. The summed E-state index contributed by atoms with van der Waals surface area (Å²) in [6.45, 7) is 4.15. The van der Waals surface area contributed by atoms with Crippen molar-refractivity contribution in [2.75, 3.05) is 20.8 Å². The highest BCUT2D eigenvalue weighted by Crippen LogP contribution is 2.39. The van der Waals surface area contributed by atoms with Gasteiger partial charge in [-0.3, -0.25) is 14.7 Å². The van der Waals surface area contributed by atoms with Crippen molar-refractivity contribution in [2.45, 2.75) is 39.2 Å². The molecule has 3 heterocycles. The average molecular weight is 411 g/mol. The number of aromatic nitrogens is 4. The van der Waals surface area contributed by atoms with E-state index in [-0.39, 0.29) is 29.7 Å². The van der Waals surface area contributed by atoms with E-state index in [2.05, 4.69) is 15.1 Å². The summed E-state index contributed by atoms with van der Waals surface area (Å²) in [4.78, 5) is 36.1. The molecule has 30 heavy (non-hydrogen) atoms. The molecule has 1 saturated heterocycles. The van der Waals surface area contributed by atoms with Crippen LogP contribution in [-0.4, -0.2) is 51.2 Å². The summed E-state index contributed by atoms with van der Waals surface area (Å²) in [5, 5.41) is 2.92. The molecule has 1 amide bonds. The number of likely N-dealkylation sites (tertiary alicyclic amines) is 1. The first-order valence-electron chi connectivity index (χ1n) is 9.89. The van der Waals surface area contributed by atoms with Gasteiger partial charge in [0.25, 0.3) is 11.3 Å². The molecular formula is C21H25N5O4. The number of ether oxygens (including phenoxy) is 2. The molecule has 1 fully saturated rings. The maximum atomic E-state index is 13.1. The zero-order valence-corrected chi connectivity index (χ0v) is 17.6. The van der Waals surface area contributed by atoms with Gasteiger partial charge in [0, 0.05) is 23.4 Å². The SMILES string of the molecule is COc1ccc(OC)c(C2CCCN2C(=O)Cc2nc3nc(C)c(C)c(=O)n3[nH]2)c1. The van der Waals surface area contributed by atoms with Gasteiger partial charge in [-0.15, -0.1) is 0 Å². The molecule has 1 N–H and O–H groups in total. The van der Waals surface area contributed by atoms with E-state index in [4.69, 9.17) is 9.47 Å². The van der Waals surface area contributed by atoms with E-state index >= 15 is 0 Å². The Balaban J connectivity index is 1.61. The Bertz CT molecular complexity index is 1170. The number of aryl methyl sites for hydroxylation is 1. The predicted octanol–water partition coefficient (Wildman–Crippen LogP) is 1.96. The Morgan fingerprint density at radius 1 is 1.23 bits per heavy atom. The minimum absolute atomic E-state index is 0.0592. The second kappa shape index (κ2) is 7.81. The first-order valence-corrected chi connectivity index (χ1v) is 9.89. The van der Waals surface area contributed by atoms with Gasteiger partial charge < -0.3 is 14.4 Å². The van der Waals surface area contributed by atoms with Crippen molar-refractivity contribution >= 4 is 11.7 Å². The first-order chi connectivity index (χ1) is 14.4. The van der Waals surface area contributed by atoms with Crippen molar-refractivity contribution < 1.29 is 14.3 Å². The van der Waals surface area contributed by atoms with Gasteiger partial charge in [0.1, 0.15) is 17.3 Å². The number of rotatable bonds is 5. The standard InChI is InChI=1S/C21H25N5O4/c1-12-13(2)22-21-23-18(24-26(21)20(12)28)11-19(27)25-9-5-6-16(25)15-10-14(29-3)7-8-17(15)30-4/h7-8,10,16H,5-6,9,11H2,1-4H3,(H,22,23,24). The fraction of sp³-hybridized carbons (Fsp3) is 0.429. The van der Waals surface area contributed by atoms with Crippen molar-refractivity contribution in [2.24, 2.45) is 0 Å². The van der Waals surface area contributed by atoms with Gasteiger partial charge in [0.2, 0.25) is 5.91 Å². The van der Waals surface area contributed by atoms with E-state index < -0.39 is 0 Å². The Labute approximate surface area is 173 Å². The van der Waals surface area contributed by atoms with Gasteiger partial charge in [-0.2, -0.15) is 9.50 Å². The number of hydrogen-bond donors (Lipinski definition) is 1. The predicted molar refractivity (Wildman–Crippen MR) is 110 cm³/mol. The lowest BCUT2D eigenvalue weighted by atomic mass is 10.0. The van der Waals surface area contributed by atoms with Gasteiger partial charge in [-0.05, 0) is 44.9 Å². The van der Waals surface area contributed by atoms with Gasteiger partial charge in [-0.1, -0.05) is 0 Å². The fourth-order valence-corrected chi connectivity index (χ4v) is 3.96. The third kappa shape index (κ3) is 3.40. The molecule has 0 bridgehead atoms. The molecule has 1 unspecified atom stereocenters. The minimum Gasteiger partial charge on any atom is -0.497 e. The number of aromatic amines is 1. The second-order valence-electron chi connectivity index (χ2n) is 7.46. The van der Waals surface area contributed by atoms with Crippen LogP contribution in [0.2, 0.25) is 0 Å². The fourth-order valence-electron chi connectivity index (χ4n) is 3.96. The van der Waals surface area contributed by atoms with E-state index in [1.807, 2.05) is 23.1 Å². The lowest BCUT2D eigenvalue weighted by Gasteiger charge is -2.26. The number of nitrogens with one attached hydrogen (secondary N) is 1. The van der Waals surface area contributed by atoms with Crippen LogP contribution in [0.1, 0.15) is 41.5 Å². The minimum atomic E-state index is -0.205. The van der Waals surface area contributed by atoms with Crippen molar-refractivity contribution in [3.8, 4) is 11.5 Å². The van der Waals surface area contributed by atoms with Gasteiger partial charge in [0.15, 0.2) is 0 Å². The molecule has 9 heteroatoms. The van der Waals surface area contributed by atoms with Gasteiger partial charge >= 0.3 is 0 Å². The van der Waals surface area contributed by atoms with Crippen LogP contribution in [0.4, 0.5) is 0 Å². The number of fused-ring (bicyclic) bond motifs is 1. The molecule has 1 aliphatic heterocycles.